The van der Waals surface area contributed by atoms with Gasteiger partial charge in [-0.05, 0) is 60.5 Å². The van der Waals surface area contributed by atoms with E-state index in [9.17, 15) is 23.5 Å². The molecule has 2 atom stereocenters. The molecule has 38 heavy (non-hydrogen) atoms. The molecule has 0 bridgehead atoms. The number of carbonyl (C=O) groups is 2. The number of carbonyl (C=O) groups excluding carboxylic acids is 1. The molecule has 3 aromatic carbocycles. The maximum atomic E-state index is 12.0. The van der Waals surface area contributed by atoms with E-state index >= 15 is 0 Å². The SMILES string of the molecule is CCCC(C(=O)O)N(N1CCN(c2ccc(C#Cc3ccc4cccc(C(C)=O)c4c3)cc2)CC1)S(=O)O. The summed E-state index contributed by atoms with van der Waals surface area (Å²) >= 11 is -2.41. The van der Waals surface area contributed by atoms with Crippen LogP contribution in [-0.4, -0.2) is 67.3 Å². The maximum absolute atomic E-state index is 12.0. The maximum Gasteiger partial charge on any atom is 0.323 e. The molecule has 0 spiro atoms. The van der Waals surface area contributed by atoms with Crippen LogP contribution < -0.4 is 4.90 Å². The minimum Gasteiger partial charge on any atom is -0.480 e. The molecule has 1 saturated heterocycles. The highest BCUT2D eigenvalue weighted by Crippen LogP contribution is 2.22. The number of ketones is 1. The van der Waals surface area contributed by atoms with Gasteiger partial charge in [-0.25, -0.2) is 9.22 Å². The smallest absolute Gasteiger partial charge is 0.323 e. The molecular formula is C29H31N3O5S. The summed E-state index contributed by atoms with van der Waals surface area (Å²) in [7, 11) is 0. The molecule has 1 aliphatic rings. The molecule has 1 heterocycles. The van der Waals surface area contributed by atoms with Crippen LogP contribution in [0.1, 0.15) is 48.2 Å². The lowest BCUT2D eigenvalue weighted by Crippen LogP contribution is -2.58. The summed E-state index contributed by atoms with van der Waals surface area (Å²) in [5.41, 5.74) is 3.39. The van der Waals surface area contributed by atoms with E-state index in [1.54, 1.807) is 11.9 Å². The number of hydrogen-bond donors (Lipinski definition) is 2. The summed E-state index contributed by atoms with van der Waals surface area (Å²) in [6, 6.07) is 18.4. The molecule has 2 N–H and O–H groups in total. The number of hydrazine groups is 1. The third kappa shape index (κ3) is 6.29. The summed E-state index contributed by atoms with van der Waals surface area (Å²) in [5, 5.41) is 13.1. The van der Waals surface area contributed by atoms with E-state index in [1.165, 1.54) is 0 Å². The van der Waals surface area contributed by atoms with Gasteiger partial charge in [-0.2, -0.15) is 0 Å². The zero-order chi connectivity index (χ0) is 27.2. The van der Waals surface area contributed by atoms with Gasteiger partial charge in [0.15, 0.2) is 5.78 Å². The Hall–Kier alpha value is -3.55. The normalized spacial score (nSPS) is 15.6. The highest BCUT2D eigenvalue weighted by atomic mass is 32.2. The fraction of sp³-hybridized carbons (Fsp3) is 0.310. The molecular weight excluding hydrogens is 502 g/mol. The van der Waals surface area contributed by atoms with Crippen LogP contribution in [0.5, 0.6) is 0 Å². The van der Waals surface area contributed by atoms with Crippen LogP contribution in [-0.2, 0) is 16.1 Å². The minimum atomic E-state index is -2.41. The lowest BCUT2D eigenvalue weighted by molar-refractivity contribution is -0.147. The third-order valence-corrected chi connectivity index (χ3v) is 7.46. The number of carboxylic acid groups (broad SMARTS) is 1. The van der Waals surface area contributed by atoms with E-state index in [0.29, 0.717) is 44.6 Å². The first-order valence-electron chi connectivity index (χ1n) is 12.6. The second-order valence-corrected chi connectivity index (χ2v) is 10.0. The van der Waals surface area contributed by atoms with E-state index in [-0.39, 0.29) is 5.78 Å². The first-order chi connectivity index (χ1) is 18.3. The standard InChI is InChI=1S/C29H31N3O5S/c1-3-5-28(29(34)35)32(38(36)37)31-18-16-30(17-19-31)25-14-11-22(12-15-25)8-9-23-10-13-24-6-4-7-26(21(2)33)27(24)20-23/h4,6-7,10-15,20,28H,3,5,16-19H2,1-2H3,(H,34,35)(H,36,37). The lowest BCUT2D eigenvalue weighted by atomic mass is 10.00. The number of rotatable bonds is 8. The van der Waals surface area contributed by atoms with Crippen molar-refractivity contribution >= 4 is 39.5 Å². The monoisotopic (exact) mass is 533 g/mol. The number of carboxylic acids is 1. The predicted octanol–water partition coefficient (Wildman–Crippen LogP) is 4.17. The van der Waals surface area contributed by atoms with Gasteiger partial charge in [0, 0.05) is 48.6 Å². The Kier molecular flexibility index (Phi) is 8.92. The number of hydrogen-bond acceptors (Lipinski definition) is 5. The Labute approximate surface area is 225 Å². The largest absolute Gasteiger partial charge is 0.480 e. The number of aliphatic carboxylic acids is 1. The zero-order valence-electron chi connectivity index (χ0n) is 21.5. The van der Waals surface area contributed by atoms with Crippen LogP contribution in [0.15, 0.2) is 60.7 Å². The summed E-state index contributed by atoms with van der Waals surface area (Å²) in [6.07, 6.45) is 0.891. The quantitative estimate of drug-likeness (QED) is 0.255. The second-order valence-electron chi connectivity index (χ2n) is 9.21. The molecule has 1 fully saturated rings. The number of anilines is 1. The van der Waals surface area contributed by atoms with Crippen molar-refractivity contribution in [2.75, 3.05) is 31.1 Å². The van der Waals surface area contributed by atoms with Gasteiger partial charge >= 0.3 is 5.97 Å². The third-order valence-electron chi connectivity index (χ3n) is 6.65. The molecule has 0 saturated carbocycles. The highest BCUT2D eigenvalue weighted by Gasteiger charge is 2.35. The van der Waals surface area contributed by atoms with Crippen LogP contribution >= 0.6 is 0 Å². The van der Waals surface area contributed by atoms with E-state index in [0.717, 1.165) is 32.0 Å². The van der Waals surface area contributed by atoms with Gasteiger partial charge in [0.25, 0.3) is 0 Å². The molecule has 0 aromatic heterocycles. The first-order valence-corrected chi connectivity index (χ1v) is 13.6. The molecule has 9 heteroatoms. The molecule has 4 rings (SSSR count). The zero-order valence-corrected chi connectivity index (χ0v) is 22.3. The van der Waals surface area contributed by atoms with Crippen molar-refractivity contribution < 1.29 is 23.5 Å². The first kappa shape index (κ1) is 27.5. The minimum absolute atomic E-state index is 0.0251. The fourth-order valence-corrected chi connectivity index (χ4v) is 5.49. The Morgan fingerprint density at radius 3 is 2.26 bits per heavy atom. The number of benzene rings is 3. The van der Waals surface area contributed by atoms with Gasteiger partial charge in [0.1, 0.15) is 6.04 Å². The molecule has 198 valence electrons. The summed E-state index contributed by atoms with van der Waals surface area (Å²) in [6.45, 7) is 5.47. The predicted molar refractivity (Wildman–Crippen MR) is 149 cm³/mol. The molecule has 0 radical (unpaired) electrons. The van der Waals surface area contributed by atoms with E-state index in [1.807, 2.05) is 67.6 Å². The van der Waals surface area contributed by atoms with Crippen LogP contribution in [0.2, 0.25) is 0 Å². The molecule has 0 amide bonds. The Morgan fingerprint density at radius 1 is 1.00 bits per heavy atom. The Morgan fingerprint density at radius 2 is 1.66 bits per heavy atom. The molecule has 2 unspecified atom stereocenters. The number of nitrogens with zero attached hydrogens (tertiary/aromatic N) is 3. The Balaban J connectivity index is 1.43. The van der Waals surface area contributed by atoms with Crippen LogP contribution in [0.25, 0.3) is 10.8 Å². The van der Waals surface area contributed by atoms with Gasteiger partial charge < -0.3 is 10.0 Å². The summed E-state index contributed by atoms with van der Waals surface area (Å²) in [5.74, 6) is 5.30. The molecule has 0 aliphatic carbocycles. The van der Waals surface area contributed by atoms with E-state index in [2.05, 4.69) is 16.7 Å². The van der Waals surface area contributed by atoms with Crippen molar-refractivity contribution in [1.29, 1.82) is 0 Å². The van der Waals surface area contributed by atoms with Crippen molar-refractivity contribution in [2.24, 2.45) is 0 Å². The summed E-state index contributed by atoms with van der Waals surface area (Å²) in [4.78, 5) is 25.8. The number of Topliss-reactive ketones (excluding diaryl/α,β-unsaturated/α-hetero) is 1. The number of piperazine rings is 1. The van der Waals surface area contributed by atoms with Crippen molar-refractivity contribution in [1.82, 2.24) is 9.42 Å². The highest BCUT2D eigenvalue weighted by molar-refractivity contribution is 7.76. The van der Waals surface area contributed by atoms with Gasteiger partial charge in [-0.3, -0.25) is 14.1 Å². The van der Waals surface area contributed by atoms with Crippen molar-refractivity contribution in [2.45, 2.75) is 32.7 Å². The van der Waals surface area contributed by atoms with Gasteiger partial charge in [-0.1, -0.05) is 49.5 Å². The van der Waals surface area contributed by atoms with Gasteiger partial charge in [-0.15, -0.1) is 4.41 Å². The van der Waals surface area contributed by atoms with Crippen molar-refractivity contribution in [3.63, 3.8) is 0 Å². The van der Waals surface area contributed by atoms with Crippen molar-refractivity contribution in [3.8, 4) is 11.8 Å². The fourth-order valence-electron chi connectivity index (χ4n) is 4.72. The van der Waals surface area contributed by atoms with Crippen molar-refractivity contribution in [3.05, 3.63) is 77.4 Å². The van der Waals surface area contributed by atoms with Crippen LogP contribution in [0.3, 0.4) is 0 Å². The lowest BCUT2D eigenvalue weighted by Gasteiger charge is -2.41. The summed E-state index contributed by atoms with van der Waals surface area (Å²) < 4.78 is 22.9. The molecule has 3 aromatic rings. The Bertz CT molecular complexity index is 1410. The van der Waals surface area contributed by atoms with Crippen LogP contribution in [0.4, 0.5) is 5.69 Å². The van der Waals surface area contributed by atoms with E-state index < -0.39 is 23.3 Å². The van der Waals surface area contributed by atoms with Gasteiger partial charge in [0.2, 0.25) is 11.3 Å². The average molecular weight is 534 g/mol. The second kappa shape index (κ2) is 12.3. The van der Waals surface area contributed by atoms with Crippen LogP contribution in [0, 0.1) is 11.8 Å². The molecule has 8 nitrogen and oxygen atoms in total. The van der Waals surface area contributed by atoms with E-state index in [4.69, 9.17) is 0 Å². The van der Waals surface area contributed by atoms with Gasteiger partial charge in [0.05, 0.1) is 0 Å². The average Bonchev–Trinajstić information content (AvgIpc) is 2.91. The molecule has 1 aliphatic heterocycles. The number of fused-ring (bicyclic) bond motifs is 1. The topological polar surface area (TPSA) is 101 Å².